The van der Waals surface area contributed by atoms with Gasteiger partial charge in [-0.05, 0) is 78.1 Å². The van der Waals surface area contributed by atoms with E-state index in [1.54, 1.807) is 4.90 Å². The molecular formula is C27H34FN3O2. The van der Waals surface area contributed by atoms with Gasteiger partial charge >= 0.3 is 6.09 Å². The van der Waals surface area contributed by atoms with Crippen LogP contribution in [0.5, 0.6) is 0 Å². The molecule has 6 heteroatoms. The lowest BCUT2D eigenvalue weighted by Gasteiger charge is -2.44. The van der Waals surface area contributed by atoms with Crippen molar-refractivity contribution in [2.75, 3.05) is 38.6 Å². The second kappa shape index (κ2) is 8.32. The quantitative estimate of drug-likeness (QED) is 0.710. The number of nitrogens with one attached hydrogen (secondary N) is 1. The monoisotopic (exact) mass is 451 g/mol. The van der Waals surface area contributed by atoms with Crippen molar-refractivity contribution in [3.05, 3.63) is 53.3 Å². The molecule has 3 aliphatic heterocycles. The van der Waals surface area contributed by atoms with E-state index in [2.05, 4.69) is 42.3 Å². The van der Waals surface area contributed by atoms with Crippen LogP contribution in [0, 0.1) is 17.2 Å². The number of piperidine rings is 3. The van der Waals surface area contributed by atoms with E-state index in [4.69, 9.17) is 4.74 Å². The van der Waals surface area contributed by atoms with E-state index in [0.29, 0.717) is 11.6 Å². The van der Waals surface area contributed by atoms with Gasteiger partial charge in [-0.15, -0.1) is 0 Å². The molecule has 33 heavy (non-hydrogen) atoms. The summed E-state index contributed by atoms with van der Waals surface area (Å²) < 4.78 is 20.1. The predicted octanol–water partition coefficient (Wildman–Crippen LogP) is 5.00. The average Bonchev–Trinajstić information content (AvgIpc) is 3.03. The molecule has 2 aromatic carbocycles. The maximum Gasteiger partial charge on any atom is 0.407 e. The third-order valence-corrected chi connectivity index (χ3v) is 7.76. The minimum Gasteiger partial charge on any atom is -0.445 e. The Morgan fingerprint density at radius 1 is 1.12 bits per heavy atom. The highest BCUT2D eigenvalue weighted by atomic mass is 19.1. The third kappa shape index (κ3) is 4.21. The van der Waals surface area contributed by atoms with Crippen molar-refractivity contribution in [1.82, 2.24) is 10.2 Å². The molecule has 5 nitrogen and oxygen atoms in total. The molecule has 1 N–H and O–H groups in total. The van der Waals surface area contributed by atoms with Crippen molar-refractivity contribution in [2.45, 2.75) is 45.3 Å². The molecule has 3 saturated heterocycles. The summed E-state index contributed by atoms with van der Waals surface area (Å²) in [7, 11) is 3.69. The second-order valence-electron chi connectivity index (χ2n) is 10.8. The summed E-state index contributed by atoms with van der Waals surface area (Å²) in [5.74, 6) is 0.270. The van der Waals surface area contributed by atoms with Crippen LogP contribution in [0.2, 0.25) is 0 Å². The second-order valence-corrected chi connectivity index (χ2v) is 10.8. The number of carbonyl (C=O) groups is 1. The fourth-order valence-corrected chi connectivity index (χ4v) is 5.88. The molecule has 1 amide bonds. The van der Waals surface area contributed by atoms with E-state index in [-0.39, 0.29) is 29.5 Å². The van der Waals surface area contributed by atoms with Crippen LogP contribution < -0.4 is 10.2 Å². The number of rotatable bonds is 4. The molecule has 3 heterocycles. The number of ether oxygens (including phenoxy) is 1. The maximum atomic E-state index is 14.2. The highest BCUT2D eigenvalue weighted by Gasteiger charge is 2.42. The van der Waals surface area contributed by atoms with Gasteiger partial charge in [0.15, 0.2) is 0 Å². The summed E-state index contributed by atoms with van der Waals surface area (Å²) in [5, 5.41) is 3.19. The lowest BCUT2D eigenvalue weighted by molar-refractivity contribution is -0.0348. The molecule has 4 aliphatic rings. The number of amides is 1. The van der Waals surface area contributed by atoms with Crippen LogP contribution in [0.1, 0.15) is 43.9 Å². The first-order chi connectivity index (χ1) is 15.7. The number of benzene rings is 2. The largest absolute Gasteiger partial charge is 0.445 e. The summed E-state index contributed by atoms with van der Waals surface area (Å²) in [5.41, 5.74) is 4.86. The number of fused-ring (bicyclic) bond motifs is 4. The number of nitrogens with zero attached hydrogens (tertiary/aromatic N) is 2. The molecule has 0 saturated carbocycles. The van der Waals surface area contributed by atoms with Crippen molar-refractivity contribution >= 4 is 11.8 Å². The van der Waals surface area contributed by atoms with Crippen molar-refractivity contribution in [3.8, 4) is 11.1 Å². The zero-order chi connectivity index (χ0) is 23.3. The van der Waals surface area contributed by atoms with Crippen LogP contribution in [0.25, 0.3) is 11.1 Å². The zero-order valence-electron chi connectivity index (χ0n) is 20.0. The van der Waals surface area contributed by atoms with Crippen LogP contribution in [0.3, 0.4) is 0 Å². The van der Waals surface area contributed by atoms with E-state index in [0.717, 1.165) is 55.6 Å². The smallest absolute Gasteiger partial charge is 0.407 e. The van der Waals surface area contributed by atoms with Gasteiger partial charge in [-0.3, -0.25) is 4.90 Å². The Hall–Kier alpha value is -2.60. The van der Waals surface area contributed by atoms with Crippen molar-refractivity contribution in [2.24, 2.45) is 11.3 Å². The standard InChI is InChI=1S/C27H34FN3O2/c1-27(2)15-20-13-18(19-6-8-22(28)23(14-19)30(3)4)5-7-21(20)25(27)29-26(32)33-24-16-31-11-9-17(24)10-12-31/h5-8,13-14,17,24-25H,9-12,15-16H2,1-4H3,(H,29,32)/t24-,25?/m1/s1. The number of hydrogen-bond acceptors (Lipinski definition) is 4. The Morgan fingerprint density at radius 3 is 2.48 bits per heavy atom. The van der Waals surface area contributed by atoms with Gasteiger partial charge in [0.25, 0.3) is 0 Å². The molecule has 0 radical (unpaired) electrons. The Bertz CT molecular complexity index is 1060. The number of halogens is 1. The molecule has 0 aromatic heterocycles. The SMILES string of the molecule is CN(C)c1cc(-c2ccc3c(c2)CC(C)(C)C3NC(=O)O[C@@H]2CN3CCC2CC3)ccc1F. The third-order valence-electron chi connectivity index (χ3n) is 7.76. The van der Waals surface area contributed by atoms with Crippen molar-refractivity contribution in [3.63, 3.8) is 0 Å². The van der Waals surface area contributed by atoms with Gasteiger partial charge in [-0.1, -0.05) is 38.1 Å². The van der Waals surface area contributed by atoms with E-state index in [1.807, 2.05) is 26.2 Å². The number of alkyl carbamates (subject to hydrolysis) is 1. The van der Waals surface area contributed by atoms with Crippen molar-refractivity contribution in [1.29, 1.82) is 0 Å². The molecular weight excluding hydrogens is 417 g/mol. The number of hydrogen-bond donors (Lipinski definition) is 1. The Morgan fingerprint density at radius 2 is 1.82 bits per heavy atom. The fraction of sp³-hybridized carbons (Fsp3) is 0.519. The minimum atomic E-state index is -0.307. The van der Waals surface area contributed by atoms with E-state index >= 15 is 0 Å². The molecule has 3 fully saturated rings. The minimum absolute atomic E-state index is 0.00299. The van der Waals surface area contributed by atoms with Gasteiger partial charge in [0, 0.05) is 20.6 Å². The highest BCUT2D eigenvalue weighted by Crippen LogP contribution is 2.46. The first kappa shape index (κ1) is 22.2. The fourth-order valence-electron chi connectivity index (χ4n) is 5.88. The summed E-state index contributed by atoms with van der Waals surface area (Å²) in [6.45, 7) is 7.49. The zero-order valence-corrected chi connectivity index (χ0v) is 20.0. The molecule has 2 bridgehead atoms. The predicted molar refractivity (Wildman–Crippen MR) is 129 cm³/mol. The summed E-state index contributed by atoms with van der Waals surface area (Å²) in [6, 6.07) is 11.5. The van der Waals surface area contributed by atoms with Crippen molar-refractivity contribution < 1.29 is 13.9 Å². The van der Waals surface area contributed by atoms with Gasteiger partial charge in [0.05, 0.1) is 11.7 Å². The van der Waals surface area contributed by atoms with E-state index in [9.17, 15) is 9.18 Å². The number of carbonyl (C=O) groups excluding carboxylic acids is 1. The van der Waals surface area contributed by atoms with Crippen LogP contribution in [-0.2, 0) is 11.2 Å². The van der Waals surface area contributed by atoms with Crippen LogP contribution in [0.4, 0.5) is 14.9 Å². The molecule has 0 spiro atoms. The molecule has 1 unspecified atom stereocenters. The number of anilines is 1. The van der Waals surface area contributed by atoms with Gasteiger partial charge in [0.2, 0.25) is 0 Å². The molecule has 1 aliphatic carbocycles. The molecule has 2 atom stereocenters. The molecule has 176 valence electrons. The Balaban J connectivity index is 1.34. The van der Waals surface area contributed by atoms with Crippen LogP contribution >= 0.6 is 0 Å². The summed E-state index contributed by atoms with van der Waals surface area (Å²) in [6.07, 6.45) is 2.80. The average molecular weight is 452 g/mol. The summed E-state index contributed by atoms with van der Waals surface area (Å²) >= 11 is 0. The lowest BCUT2D eigenvalue weighted by Crippen LogP contribution is -2.53. The van der Waals surface area contributed by atoms with Gasteiger partial charge in [-0.25, -0.2) is 9.18 Å². The normalized spacial score (nSPS) is 27.2. The van der Waals surface area contributed by atoms with E-state index < -0.39 is 0 Å². The topological polar surface area (TPSA) is 44.8 Å². The first-order valence-corrected chi connectivity index (χ1v) is 12.0. The van der Waals surface area contributed by atoms with Crippen LogP contribution in [0.15, 0.2) is 36.4 Å². The lowest BCUT2D eigenvalue weighted by atomic mass is 9.85. The molecule has 6 rings (SSSR count). The Kier molecular flexibility index (Phi) is 5.60. The van der Waals surface area contributed by atoms with Gasteiger partial charge in [-0.2, -0.15) is 0 Å². The maximum absolute atomic E-state index is 14.2. The summed E-state index contributed by atoms with van der Waals surface area (Å²) in [4.78, 5) is 17.1. The van der Waals surface area contributed by atoms with E-state index in [1.165, 1.54) is 11.6 Å². The highest BCUT2D eigenvalue weighted by molar-refractivity contribution is 5.72. The van der Waals surface area contributed by atoms with Gasteiger partial charge < -0.3 is 15.0 Å². The van der Waals surface area contributed by atoms with Gasteiger partial charge in [0.1, 0.15) is 11.9 Å². The Labute approximate surface area is 195 Å². The molecule has 2 aromatic rings. The van der Waals surface area contributed by atoms with Crippen LogP contribution in [-0.4, -0.2) is 50.8 Å². The first-order valence-electron chi connectivity index (χ1n) is 12.0.